The van der Waals surface area contributed by atoms with Crippen molar-refractivity contribution in [2.24, 2.45) is 0 Å². The Morgan fingerprint density at radius 2 is 1.96 bits per heavy atom. The lowest BCUT2D eigenvalue weighted by molar-refractivity contribution is 0.631. The minimum absolute atomic E-state index is 0.344. The number of imidazole rings is 1. The lowest BCUT2D eigenvalue weighted by atomic mass is 10.1. The van der Waals surface area contributed by atoms with Gasteiger partial charge in [-0.25, -0.2) is 9.37 Å². The first-order chi connectivity index (χ1) is 12.2. The van der Waals surface area contributed by atoms with E-state index in [2.05, 4.69) is 22.7 Å². The highest BCUT2D eigenvalue weighted by molar-refractivity contribution is 6.33. The zero-order valence-electron chi connectivity index (χ0n) is 14.2. The Kier molecular flexibility index (Phi) is 4.38. The second-order valence-electron chi connectivity index (χ2n) is 6.60. The van der Waals surface area contributed by atoms with Gasteiger partial charge in [-0.15, -0.1) is 0 Å². The van der Waals surface area contributed by atoms with Crippen molar-refractivity contribution in [1.82, 2.24) is 9.38 Å². The third-order valence-electron chi connectivity index (χ3n) is 4.98. The first-order valence-corrected chi connectivity index (χ1v) is 9.28. The lowest BCUT2D eigenvalue weighted by Crippen LogP contribution is -2.17. The Balaban J connectivity index is 1.96. The Morgan fingerprint density at radius 1 is 1.20 bits per heavy atom. The van der Waals surface area contributed by atoms with Crippen molar-refractivity contribution >= 4 is 23.1 Å². The standard InChI is InChI=1S/C20H21ClFN3/c1-2-14-9-5-12-17-24-19(18-15(21)10-6-11-16(18)22)20(25(14)17)23-13-7-3-4-8-13/h5-6,9-13,23H,2-4,7-8H2,1H3. The Morgan fingerprint density at radius 3 is 2.68 bits per heavy atom. The molecule has 0 radical (unpaired) electrons. The summed E-state index contributed by atoms with van der Waals surface area (Å²) in [5, 5.41) is 4.02. The molecule has 25 heavy (non-hydrogen) atoms. The highest BCUT2D eigenvalue weighted by Crippen LogP contribution is 2.37. The van der Waals surface area contributed by atoms with Crippen LogP contribution in [0.4, 0.5) is 10.2 Å². The summed E-state index contributed by atoms with van der Waals surface area (Å²) in [6.07, 6.45) is 5.59. The number of benzene rings is 1. The van der Waals surface area contributed by atoms with Crippen LogP contribution in [-0.2, 0) is 6.42 Å². The predicted octanol–water partition coefficient (Wildman–Crippen LogP) is 5.71. The molecular formula is C20H21ClFN3. The second-order valence-corrected chi connectivity index (χ2v) is 7.00. The van der Waals surface area contributed by atoms with E-state index < -0.39 is 0 Å². The molecule has 2 aromatic heterocycles. The number of aromatic nitrogens is 2. The van der Waals surface area contributed by atoms with Gasteiger partial charge in [0.1, 0.15) is 23.0 Å². The van der Waals surface area contributed by atoms with Crippen LogP contribution >= 0.6 is 11.6 Å². The van der Waals surface area contributed by atoms with Crippen molar-refractivity contribution in [3.05, 3.63) is 52.9 Å². The molecule has 130 valence electrons. The number of fused-ring (bicyclic) bond motifs is 1. The van der Waals surface area contributed by atoms with Crippen LogP contribution in [0.5, 0.6) is 0 Å². The molecule has 0 aliphatic heterocycles. The molecule has 5 heteroatoms. The molecule has 3 nitrogen and oxygen atoms in total. The number of aryl methyl sites for hydroxylation is 1. The molecule has 0 amide bonds. The minimum Gasteiger partial charge on any atom is -0.367 e. The summed E-state index contributed by atoms with van der Waals surface area (Å²) in [4.78, 5) is 4.73. The number of pyridine rings is 1. The summed E-state index contributed by atoms with van der Waals surface area (Å²) < 4.78 is 16.7. The fourth-order valence-electron chi connectivity index (χ4n) is 3.73. The van der Waals surface area contributed by atoms with E-state index in [-0.39, 0.29) is 5.82 Å². The molecule has 1 saturated carbocycles. The van der Waals surface area contributed by atoms with E-state index in [1.165, 1.54) is 18.9 Å². The maximum absolute atomic E-state index is 14.6. The molecule has 1 N–H and O–H groups in total. The number of hydrogen-bond donors (Lipinski definition) is 1. The van der Waals surface area contributed by atoms with E-state index in [0.717, 1.165) is 36.4 Å². The monoisotopic (exact) mass is 357 g/mol. The summed E-state index contributed by atoms with van der Waals surface area (Å²) >= 11 is 6.34. The molecule has 1 fully saturated rings. The highest BCUT2D eigenvalue weighted by Gasteiger charge is 2.24. The first kappa shape index (κ1) is 16.4. The van der Waals surface area contributed by atoms with Gasteiger partial charge in [0, 0.05) is 11.7 Å². The number of nitrogens with zero attached hydrogens (tertiary/aromatic N) is 2. The number of hydrogen-bond acceptors (Lipinski definition) is 2. The maximum atomic E-state index is 14.6. The lowest BCUT2D eigenvalue weighted by Gasteiger charge is -2.17. The van der Waals surface area contributed by atoms with Gasteiger partial charge < -0.3 is 5.32 Å². The van der Waals surface area contributed by atoms with Gasteiger partial charge in [0.25, 0.3) is 0 Å². The van der Waals surface area contributed by atoms with Crippen molar-refractivity contribution in [2.45, 2.75) is 45.1 Å². The van der Waals surface area contributed by atoms with Gasteiger partial charge in [-0.1, -0.05) is 43.5 Å². The molecule has 1 aliphatic carbocycles. The van der Waals surface area contributed by atoms with Crippen molar-refractivity contribution < 1.29 is 4.39 Å². The zero-order valence-corrected chi connectivity index (χ0v) is 15.0. The molecule has 3 aromatic rings. The van der Waals surface area contributed by atoms with Crippen molar-refractivity contribution in [2.75, 3.05) is 5.32 Å². The quantitative estimate of drug-likeness (QED) is 0.648. The van der Waals surface area contributed by atoms with Crippen LogP contribution in [0, 0.1) is 5.82 Å². The Hall–Kier alpha value is -2.07. The maximum Gasteiger partial charge on any atom is 0.139 e. The number of rotatable bonds is 4. The van der Waals surface area contributed by atoms with Crippen molar-refractivity contribution in [1.29, 1.82) is 0 Å². The summed E-state index contributed by atoms with van der Waals surface area (Å²) in [6.45, 7) is 2.11. The van der Waals surface area contributed by atoms with Gasteiger partial charge in [-0.05, 0) is 43.5 Å². The molecule has 2 heterocycles. The smallest absolute Gasteiger partial charge is 0.139 e. The van der Waals surface area contributed by atoms with Crippen LogP contribution in [0.25, 0.3) is 16.9 Å². The van der Waals surface area contributed by atoms with Crippen LogP contribution in [0.3, 0.4) is 0 Å². The molecular weight excluding hydrogens is 337 g/mol. The van der Waals surface area contributed by atoms with Crippen molar-refractivity contribution in [3.8, 4) is 11.3 Å². The number of halogens is 2. The van der Waals surface area contributed by atoms with Crippen LogP contribution < -0.4 is 5.32 Å². The topological polar surface area (TPSA) is 29.3 Å². The number of nitrogens with one attached hydrogen (secondary N) is 1. The summed E-state index contributed by atoms with van der Waals surface area (Å²) in [5.74, 6) is 0.509. The Bertz CT molecular complexity index is 892. The summed E-state index contributed by atoms with van der Waals surface area (Å²) in [7, 11) is 0. The third-order valence-corrected chi connectivity index (χ3v) is 5.30. The molecule has 0 atom stereocenters. The molecule has 0 unspecified atom stereocenters. The molecule has 0 saturated heterocycles. The van der Waals surface area contributed by atoms with Gasteiger partial charge in [0.2, 0.25) is 0 Å². The van der Waals surface area contributed by atoms with Gasteiger partial charge in [-0.3, -0.25) is 4.40 Å². The van der Waals surface area contributed by atoms with E-state index in [1.54, 1.807) is 12.1 Å². The fraction of sp³-hybridized carbons (Fsp3) is 0.350. The molecule has 1 aliphatic rings. The molecule has 4 rings (SSSR count). The van der Waals surface area contributed by atoms with Gasteiger partial charge >= 0.3 is 0 Å². The number of anilines is 1. The molecule has 1 aromatic carbocycles. The average molecular weight is 358 g/mol. The summed E-state index contributed by atoms with van der Waals surface area (Å²) in [6, 6.07) is 11.2. The van der Waals surface area contributed by atoms with Gasteiger partial charge in [0.05, 0.1) is 10.6 Å². The first-order valence-electron chi connectivity index (χ1n) is 8.90. The van der Waals surface area contributed by atoms with Crippen LogP contribution in [0.15, 0.2) is 36.4 Å². The molecule has 0 spiro atoms. The van der Waals surface area contributed by atoms with E-state index in [1.807, 2.05) is 12.1 Å². The second kappa shape index (κ2) is 6.68. The Labute approximate surface area is 151 Å². The van der Waals surface area contributed by atoms with Gasteiger partial charge in [-0.2, -0.15) is 0 Å². The van der Waals surface area contributed by atoms with E-state index in [9.17, 15) is 4.39 Å². The van der Waals surface area contributed by atoms with Crippen molar-refractivity contribution in [3.63, 3.8) is 0 Å². The zero-order chi connectivity index (χ0) is 17.4. The average Bonchev–Trinajstić information content (AvgIpc) is 3.23. The van der Waals surface area contributed by atoms with Crippen LogP contribution in [0.2, 0.25) is 5.02 Å². The largest absolute Gasteiger partial charge is 0.367 e. The predicted molar refractivity (Wildman–Crippen MR) is 101 cm³/mol. The summed E-state index contributed by atoms with van der Waals surface area (Å²) in [5.41, 5.74) is 2.92. The van der Waals surface area contributed by atoms with Crippen LogP contribution in [-0.4, -0.2) is 15.4 Å². The minimum atomic E-state index is -0.344. The van der Waals surface area contributed by atoms with E-state index in [4.69, 9.17) is 16.6 Å². The van der Waals surface area contributed by atoms with E-state index in [0.29, 0.717) is 22.3 Å². The SMILES string of the molecule is CCc1cccc2nc(-c3c(F)cccc3Cl)c(NC3CCCC3)n12. The van der Waals surface area contributed by atoms with E-state index >= 15 is 0 Å². The fourth-order valence-corrected chi connectivity index (χ4v) is 3.98. The third kappa shape index (κ3) is 2.89. The van der Waals surface area contributed by atoms with Gasteiger partial charge in [0.15, 0.2) is 0 Å². The van der Waals surface area contributed by atoms with Crippen LogP contribution in [0.1, 0.15) is 38.3 Å². The molecule has 0 bridgehead atoms. The highest BCUT2D eigenvalue weighted by atomic mass is 35.5. The normalized spacial score (nSPS) is 15.2.